The Hall–Kier alpha value is -2.31. The zero-order valence-electron chi connectivity index (χ0n) is 11.7. The third-order valence-corrected chi connectivity index (χ3v) is 3.61. The fourth-order valence-electron chi connectivity index (χ4n) is 2.20. The third-order valence-electron chi connectivity index (χ3n) is 3.61. The van der Waals surface area contributed by atoms with Crippen LogP contribution in [0.1, 0.15) is 32.4 Å². The zero-order valence-corrected chi connectivity index (χ0v) is 11.7. The first-order chi connectivity index (χ1) is 9.55. The van der Waals surface area contributed by atoms with Gasteiger partial charge in [-0.2, -0.15) is 0 Å². The summed E-state index contributed by atoms with van der Waals surface area (Å²) < 4.78 is 1.39. The van der Waals surface area contributed by atoms with Crippen LogP contribution in [0.3, 0.4) is 0 Å². The van der Waals surface area contributed by atoms with Crippen LogP contribution in [-0.4, -0.2) is 36.3 Å². The lowest BCUT2D eigenvalue weighted by atomic mass is 9.93. The molecule has 0 atom stereocenters. The predicted molar refractivity (Wildman–Crippen MR) is 72.0 cm³/mol. The van der Waals surface area contributed by atoms with Gasteiger partial charge in [-0.25, -0.2) is 9.48 Å². The predicted octanol–water partition coefficient (Wildman–Crippen LogP) is 1.64. The Morgan fingerprint density at radius 1 is 1.35 bits per heavy atom. The topological polar surface area (TPSA) is 93.8 Å². The van der Waals surface area contributed by atoms with Crippen molar-refractivity contribution in [2.75, 3.05) is 0 Å². The second kappa shape index (κ2) is 5.36. The van der Waals surface area contributed by atoms with E-state index in [9.17, 15) is 9.90 Å². The number of aromatic nitrogens is 5. The van der Waals surface area contributed by atoms with Gasteiger partial charge in [0.05, 0.1) is 0 Å². The molecule has 2 aromatic heterocycles. The van der Waals surface area contributed by atoms with E-state index >= 15 is 0 Å². The lowest BCUT2D eigenvalue weighted by molar-refractivity contribution is -0.148. The Bertz CT molecular complexity index is 601. The average molecular weight is 275 g/mol. The number of hydrogen-bond acceptors (Lipinski definition) is 5. The Morgan fingerprint density at radius 3 is 2.55 bits per heavy atom. The molecule has 0 aromatic carbocycles. The maximum Gasteiger partial charge on any atom is 0.331 e. The normalized spacial score (nSPS) is 11.6. The van der Waals surface area contributed by atoms with Gasteiger partial charge in [0.2, 0.25) is 0 Å². The molecule has 0 spiro atoms. The maximum atomic E-state index is 11.7. The monoisotopic (exact) mass is 275 g/mol. The molecule has 0 aliphatic rings. The summed E-state index contributed by atoms with van der Waals surface area (Å²) in [6.45, 7) is 5.51. The third kappa shape index (κ3) is 2.15. The summed E-state index contributed by atoms with van der Waals surface area (Å²) in [7, 11) is 0. The SMILES string of the molecule is CCC(CC)(C(=O)O)n1nnnc1-c1ccc(C)nc1. The van der Waals surface area contributed by atoms with Crippen molar-refractivity contribution in [3.63, 3.8) is 0 Å². The molecule has 0 saturated carbocycles. The van der Waals surface area contributed by atoms with Crippen molar-refractivity contribution in [3.05, 3.63) is 24.0 Å². The van der Waals surface area contributed by atoms with Crippen LogP contribution in [0.25, 0.3) is 11.4 Å². The molecule has 0 radical (unpaired) electrons. The van der Waals surface area contributed by atoms with E-state index in [2.05, 4.69) is 20.5 Å². The van der Waals surface area contributed by atoms with E-state index < -0.39 is 11.5 Å². The van der Waals surface area contributed by atoms with Crippen molar-refractivity contribution in [2.45, 2.75) is 39.2 Å². The van der Waals surface area contributed by atoms with Crippen LogP contribution in [0.4, 0.5) is 0 Å². The maximum absolute atomic E-state index is 11.7. The fraction of sp³-hybridized carbons (Fsp3) is 0.462. The Morgan fingerprint density at radius 2 is 2.05 bits per heavy atom. The summed E-state index contributed by atoms with van der Waals surface area (Å²) in [5.41, 5.74) is 0.445. The van der Waals surface area contributed by atoms with Crippen LogP contribution >= 0.6 is 0 Å². The molecule has 7 nitrogen and oxygen atoms in total. The number of carboxylic acids is 1. The average Bonchev–Trinajstić information content (AvgIpc) is 2.91. The second-order valence-electron chi connectivity index (χ2n) is 4.65. The molecule has 2 aromatic rings. The first-order valence-corrected chi connectivity index (χ1v) is 6.50. The van der Waals surface area contributed by atoms with Crippen molar-refractivity contribution in [1.29, 1.82) is 0 Å². The molecule has 106 valence electrons. The minimum atomic E-state index is -1.14. The molecule has 1 N–H and O–H groups in total. The van der Waals surface area contributed by atoms with Gasteiger partial charge in [-0.15, -0.1) is 5.10 Å². The first-order valence-electron chi connectivity index (χ1n) is 6.50. The highest BCUT2D eigenvalue weighted by Gasteiger charge is 2.40. The summed E-state index contributed by atoms with van der Waals surface area (Å²) >= 11 is 0. The van der Waals surface area contributed by atoms with Crippen LogP contribution in [0, 0.1) is 6.92 Å². The molecule has 0 saturated heterocycles. The summed E-state index contributed by atoms with van der Waals surface area (Å²) in [5.74, 6) is -0.514. The molecular formula is C13H17N5O2. The lowest BCUT2D eigenvalue weighted by Crippen LogP contribution is -2.42. The number of nitrogens with zero attached hydrogens (tertiary/aromatic N) is 5. The van der Waals surface area contributed by atoms with Crippen molar-refractivity contribution in [1.82, 2.24) is 25.2 Å². The standard InChI is InChI=1S/C13H17N5O2/c1-4-13(5-2,12(19)20)18-11(15-16-17-18)10-7-6-9(3)14-8-10/h6-8H,4-5H2,1-3H3,(H,19,20). The number of aryl methyl sites for hydroxylation is 1. The highest BCUT2D eigenvalue weighted by Crippen LogP contribution is 2.29. The minimum absolute atomic E-state index is 0.399. The van der Waals surface area contributed by atoms with E-state index in [-0.39, 0.29) is 0 Å². The fourth-order valence-corrected chi connectivity index (χ4v) is 2.20. The Kier molecular flexibility index (Phi) is 3.78. The van der Waals surface area contributed by atoms with Crippen LogP contribution in [0.15, 0.2) is 18.3 Å². The highest BCUT2D eigenvalue weighted by atomic mass is 16.4. The molecule has 0 bridgehead atoms. The van der Waals surface area contributed by atoms with Gasteiger partial charge in [-0.3, -0.25) is 4.98 Å². The van der Waals surface area contributed by atoms with Crippen molar-refractivity contribution < 1.29 is 9.90 Å². The minimum Gasteiger partial charge on any atom is -0.479 e. The van der Waals surface area contributed by atoms with Crippen LogP contribution in [0.5, 0.6) is 0 Å². The summed E-state index contributed by atoms with van der Waals surface area (Å²) in [5, 5.41) is 21.1. The summed E-state index contributed by atoms with van der Waals surface area (Å²) in [4.78, 5) is 15.9. The summed E-state index contributed by atoms with van der Waals surface area (Å²) in [6.07, 6.45) is 2.45. The number of carbonyl (C=O) groups is 1. The van der Waals surface area contributed by atoms with Gasteiger partial charge in [-0.05, 0) is 42.3 Å². The number of hydrogen-bond donors (Lipinski definition) is 1. The van der Waals surface area contributed by atoms with E-state index in [4.69, 9.17) is 0 Å². The van der Waals surface area contributed by atoms with Crippen LogP contribution in [-0.2, 0) is 10.3 Å². The Labute approximate surface area is 116 Å². The number of aliphatic carboxylic acids is 1. The molecule has 7 heteroatoms. The van der Waals surface area contributed by atoms with Gasteiger partial charge in [0.1, 0.15) is 0 Å². The molecular weight excluding hydrogens is 258 g/mol. The summed E-state index contributed by atoms with van der Waals surface area (Å²) in [6, 6.07) is 3.68. The van der Waals surface area contributed by atoms with Crippen molar-refractivity contribution in [3.8, 4) is 11.4 Å². The zero-order chi connectivity index (χ0) is 14.8. The van der Waals surface area contributed by atoms with E-state index in [0.29, 0.717) is 24.2 Å². The van der Waals surface area contributed by atoms with Crippen LogP contribution < -0.4 is 0 Å². The number of pyridine rings is 1. The molecule has 2 rings (SSSR count). The van der Waals surface area contributed by atoms with Gasteiger partial charge in [0, 0.05) is 17.5 Å². The highest BCUT2D eigenvalue weighted by molar-refractivity contribution is 5.77. The first kappa shape index (κ1) is 14.1. The molecule has 20 heavy (non-hydrogen) atoms. The van der Waals surface area contributed by atoms with E-state index in [1.54, 1.807) is 6.20 Å². The molecule has 0 unspecified atom stereocenters. The quantitative estimate of drug-likeness (QED) is 0.891. The van der Waals surface area contributed by atoms with Gasteiger partial charge in [-0.1, -0.05) is 13.8 Å². The number of tetrazole rings is 1. The molecule has 2 heterocycles. The molecule has 0 aliphatic heterocycles. The largest absolute Gasteiger partial charge is 0.479 e. The van der Waals surface area contributed by atoms with Crippen LogP contribution in [0.2, 0.25) is 0 Å². The smallest absolute Gasteiger partial charge is 0.331 e. The lowest BCUT2D eigenvalue weighted by Gasteiger charge is -2.27. The van der Waals surface area contributed by atoms with Gasteiger partial charge >= 0.3 is 5.97 Å². The van der Waals surface area contributed by atoms with E-state index in [1.165, 1.54) is 4.68 Å². The van der Waals surface area contributed by atoms with Gasteiger partial charge < -0.3 is 5.11 Å². The van der Waals surface area contributed by atoms with Gasteiger partial charge in [0.25, 0.3) is 0 Å². The number of rotatable bonds is 5. The molecule has 0 amide bonds. The molecule has 0 fully saturated rings. The number of carboxylic acid groups (broad SMARTS) is 1. The molecule has 0 aliphatic carbocycles. The Balaban J connectivity index is 2.57. The van der Waals surface area contributed by atoms with Crippen molar-refractivity contribution >= 4 is 5.97 Å². The van der Waals surface area contributed by atoms with Gasteiger partial charge in [0.15, 0.2) is 11.4 Å². The van der Waals surface area contributed by atoms with Crippen molar-refractivity contribution in [2.24, 2.45) is 0 Å². The van der Waals surface area contributed by atoms with E-state index in [0.717, 1.165) is 5.69 Å². The second-order valence-corrected chi connectivity index (χ2v) is 4.65. The van der Waals surface area contributed by atoms with E-state index in [1.807, 2.05) is 32.9 Å².